The summed E-state index contributed by atoms with van der Waals surface area (Å²) in [6.45, 7) is 0. The lowest BCUT2D eigenvalue weighted by Crippen LogP contribution is -1.98. The minimum Gasteiger partial charge on any atom is -0.495 e. The SMILES string of the molecule is COc1cc(Cc2nc(Cl)ncc2Cl)cc(OC)c1Cl. The summed E-state index contributed by atoms with van der Waals surface area (Å²) in [4.78, 5) is 7.92. The molecule has 1 aromatic heterocycles. The number of ether oxygens (including phenoxy) is 2. The van der Waals surface area contributed by atoms with Crippen molar-refractivity contribution in [3.8, 4) is 11.5 Å². The van der Waals surface area contributed by atoms with E-state index in [1.54, 1.807) is 26.4 Å². The second-order valence-corrected chi connectivity index (χ2v) is 5.05. The molecule has 0 aliphatic carbocycles. The fourth-order valence-electron chi connectivity index (χ4n) is 1.72. The average Bonchev–Trinajstić information content (AvgIpc) is 2.44. The highest BCUT2D eigenvalue weighted by Crippen LogP contribution is 2.36. The highest BCUT2D eigenvalue weighted by Gasteiger charge is 2.12. The molecule has 1 aromatic carbocycles. The van der Waals surface area contributed by atoms with Crippen LogP contribution in [-0.2, 0) is 6.42 Å². The van der Waals surface area contributed by atoms with Gasteiger partial charge in [0.15, 0.2) is 0 Å². The third-order valence-electron chi connectivity index (χ3n) is 2.66. The van der Waals surface area contributed by atoms with Gasteiger partial charge in [-0.2, -0.15) is 0 Å². The Morgan fingerprint density at radius 2 is 1.65 bits per heavy atom. The van der Waals surface area contributed by atoms with Crippen LogP contribution in [0.1, 0.15) is 11.3 Å². The minimum absolute atomic E-state index is 0.150. The molecule has 0 aliphatic heterocycles. The molecule has 0 saturated heterocycles. The van der Waals surface area contributed by atoms with Crippen LogP contribution in [0.2, 0.25) is 15.3 Å². The first-order valence-corrected chi connectivity index (χ1v) is 6.76. The highest BCUT2D eigenvalue weighted by atomic mass is 35.5. The molecule has 106 valence electrons. The van der Waals surface area contributed by atoms with E-state index in [-0.39, 0.29) is 5.28 Å². The second kappa shape index (κ2) is 6.48. The Hall–Kier alpha value is -1.23. The Balaban J connectivity index is 2.40. The minimum atomic E-state index is 0.150. The van der Waals surface area contributed by atoms with Crippen LogP contribution < -0.4 is 9.47 Å². The molecule has 0 saturated carbocycles. The van der Waals surface area contributed by atoms with E-state index in [1.807, 2.05) is 0 Å². The lowest BCUT2D eigenvalue weighted by molar-refractivity contribution is 0.394. The van der Waals surface area contributed by atoms with E-state index in [0.717, 1.165) is 5.56 Å². The molecule has 0 atom stereocenters. The van der Waals surface area contributed by atoms with Crippen LogP contribution in [0.15, 0.2) is 18.3 Å². The summed E-state index contributed by atoms with van der Waals surface area (Å²) in [5, 5.41) is 1.02. The van der Waals surface area contributed by atoms with Gasteiger partial charge >= 0.3 is 0 Å². The third kappa shape index (κ3) is 3.26. The molecule has 1 heterocycles. The lowest BCUT2D eigenvalue weighted by atomic mass is 10.1. The lowest BCUT2D eigenvalue weighted by Gasteiger charge is -2.11. The van der Waals surface area contributed by atoms with E-state index in [0.29, 0.717) is 33.7 Å². The fourth-order valence-corrected chi connectivity index (χ4v) is 2.29. The van der Waals surface area contributed by atoms with Crippen molar-refractivity contribution in [1.29, 1.82) is 0 Å². The van der Waals surface area contributed by atoms with Crippen LogP contribution in [0.5, 0.6) is 11.5 Å². The maximum Gasteiger partial charge on any atom is 0.222 e. The van der Waals surface area contributed by atoms with Crippen molar-refractivity contribution < 1.29 is 9.47 Å². The van der Waals surface area contributed by atoms with Crippen LogP contribution in [0, 0.1) is 0 Å². The molecule has 4 nitrogen and oxygen atoms in total. The van der Waals surface area contributed by atoms with E-state index >= 15 is 0 Å². The van der Waals surface area contributed by atoms with Gasteiger partial charge in [0.25, 0.3) is 0 Å². The fraction of sp³-hybridized carbons (Fsp3) is 0.231. The molecule has 0 bridgehead atoms. The number of methoxy groups -OCH3 is 2. The topological polar surface area (TPSA) is 44.2 Å². The van der Waals surface area contributed by atoms with Gasteiger partial charge in [0.05, 0.1) is 31.1 Å². The van der Waals surface area contributed by atoms with Gasteiger partial charge in [-0.05, 0) is 29.3 Å². The predicted octanol–water partition coefficient (Wildman–Crippen LogP) is 4.04. The van der Waals surface area contributed by atoms with Crippen LogP contribution in [0.3, 0.4) is 0 Å². The molecule has 0 N–H and O–H groups in total. The molecular formula is C13H11Cl3N2O2. The van der Waals surface area contributed by atoms with Gasteiger partial charge in [-0.15, -0.1) is 0 Å². The zero-order chi connectivity index (χ0) is 14.7. The normalized spacial score (nSPS) is 10.4. The number of aromatic nitrogens is 2. The average molecular weight is 334 g/mol. The summed E-state index contributed by atoms with van der Waals surface area (Å²) in [6.07, 6.45) is 1.93. The Morgan fingerprint density at radius 3 is 2.20 bits per heavy atom. The number of hydrogen-bond donors (Lipinski definition) is 0. The quantitative estimate of drug-likeness (QED) is 0.792. The van der Waals surface area contributed by atoms with Crippen molar-refractivity contribution >= 4 is 34.8 Å². The van der Waals surface area contributed by atoms with E-state index in [1.165, 1.54) is 6.20 Å². The van der Waals surface area contributed by atoms with Crippen molar-refractivity contribution in [1.82, 2.24) is 9.97 Å². The largest absolute Gasteiger partial charge is 0.495 e. The van der Waals surface area contributed by atoms with Crippen molar-refractivity contribution in [2.75, 3.05) is 14.2 Å². The van der Waals surface area contributed by atoms with Gasteiger partial charge in [0.1, 0.15) is 16.5 Å². The molecule has 7 heteroatoms. The molecule has 0 fully saturated rings. The van der Waals surface area contributed by atoms with E-state index in [2.05, 4.69) is 9.97 Å². The van der Waals surface area contributed by atoms with Crippen LogP contribution >= 0.6 is 34.8 Å². The Bertz CT molecular complexity index is 610. The molecule has 2 aromatic rings. The van der Waals surface area contributed by atoms with Crippen LogP contribution in [0.25, 0.3) is 0 Å². The second-order valence-electron chi connectivity index (χ2n) is 3.92. The molecule has 0 unspecified atom stereocenters. The number of benzene rings is 1. The first kappa shape index (κ1) is 15.2. The van der Waals surface area contributed by atoms with E-state index < -0.39 is 0 Å². The Morgan fingerprint density at radius 1 is 1.05 bits per heavy atom. The van der Waals surface area contributed by atoms with Crippen molar-refractivity contribution in [3.05, 3.63) is 44.9 Å². The summed E-state index contributed by atoms with van der Waals surface area (Å²) >= 11 is 17.9. The number of nitrogens with zero attached hydrogens (tertiary/aromatic N) is 2. The van der Waals surface area contributed by atoms with Crippen molar-refractivity contribution in [3.63, 3.8) is 0 Å². The summed E-state index contributed by atoms with van der Waals surface area (Å²) in [5.74, 6) is 1.05. The van der Waals surface area contributed by atoms with Crippen molar-refractivity contribution in [2.45, 2.75) is 6.42 Å². The third-order valence-corrected chi connectivity index (χ3v) is 3.53. The summed E-state index contributed by atoms with van der Waals surface area (Å²) in [6, 6.07) is 3.61. The number of halogens is 3. The summed E-state index contributed by atoms with van der Waals surface area (Å²) in [5.41, 5.74) is 1.51. The zero-order valence-electron chi connectivity index (χ0n) is 10.8. The van der Waals surface area contributed by atoms with E-state index in [4.69, 9.17) is 44.3 Å². The maximum absolute atomic E-state index is 6.12. The van der Waals surface area contributed by atoms with Gasteiger partial charge in [-0.25, -0.2) is 9.97 Å². The predicted molar refractivity (Wildman–Crippen MR) is 79.4 cm³/mol. The standard InChI is InChI=1S/C13H11Cl3N2O2/c1-19-10-4-7(5-11(20-2)12(10)15)3-9-8(14)6-17-13(16)18-9/h4-6H,3H2,1-2H3. The molecule has 2 rings (SSSR count). The molecular weight excluding hydrogens is 323 g/mol. The van der Waals surface area contributed by atoms with Crippen LogP contribution in [-0.4, -0.2) is 24.2 Å². The van der Waals surface area contributed by atoms with Gasteiger partial charge < -0.3 is 9.47 Å². The Labute approximate surface area is 131 Å². The smallest absolute Gasteiger partial charge is 0.222 e. The summed E-state index contributed by atoms with van der Waals surface area (Å²) in [7, 11) is 3.08. The molecule has 0 spiro atoms. The van der Waals surface area contributed by atoms with E-state index in [9.17, 15) is 0 Å². The monoisotopic (exact) mass is 332 g/mol. The molecule has 20 heavy (non-hydrogen) atoms. The number of hydrogen-bond acceptors (Lipinski definition) is 4. The van der Waals surface area contributed by atoms with Crippen LogP contribution in [0.4, 0.5) is 0 Å². The van der Waals surface area contributed by atoms with Gasteiger partial charge in [-0.3, -0.25) is 0 Å². The molecule has 0 radical (unpaired) electrons. The number of rotatable bonds is 4. The Kier molecular flexibility index (Phi) is 4.91. The maximum atomic E-state index is 6.12. The first-order valence-electron chi connectivity index (χ1n) is 5.62. The van der Waals surface area contributed by atoms with Gasteiger partial charge in [0.2, 0.25) is 5.28 Å². The van der Waals surface area contributed by atoms with Gasteiger partial charge in [0, 0.05) is 6.42 Å². The summed E-state index contributed by atoms with van der Waals surface area (Å²) < 4.78 is 10.4. The highest BCUT2D eigenvalue weighted by molar-refractivity contribution is 6.33. The van der Waals surface area contributed by atoms with Crippen molar-refractivity contribution in [2.24, 2.45) is 0 Å². The first-order chi connectivity index (χ1) is 9.55. The molecule has 0 aliphatic rings. The molecule has 0 amide bonds. The van der Waals surface area contributed by atoms with Gasteiger partial charge in [-0.1, -0.05) is 23.2 Å². The zero-order valence-corrected chi connectivity index (χ0v) is 13.1.